The van der Waals surface area contributed by atoms with Crippen molar-refractivity contribution in [3.05, 3.63) is 59.7 Å². The van der Waals surface area contributed by atoms with Crippen LogP contribution in [0.1, 0.15) is 28.9 Å². The van der Waals surface area contributed by atoms with Gasteiger partial charge in [0.1, 0.15) is 0 Å². The average Bonchev–Trinajstić information content (AvgIpc) is 2.54. The molecule has 2 aromatic rings. The van der Waals surface area contributed by atoms with E-state index >= 15 is 0 Å². The van der Waals surface area contributed by atoms with Gasteiger partial charge in [0.05, 0.1) is 0 Å². The number of nitrogens with one attached hydrogen (secondary N) is 1. The Morgan fingerprint density at radius 2 is 1.83 bits per heavy atom. The quantitative estimate of drug-likeness (QED) is 0.862. The first-order chi connectivity index (χ1) is 11.0. The number of nitrogens with zero attached hydrogens (tertiary/aromatic N) is 1. The third kappa shape index (κ3) is 4.91. The second kappa shape index (κ2) is 7.90. The second-order valence-corrected chi connectivity index (χ2v) is 6.05. The number of hydrogen-bond acceptors (Lipinski definition) is 3. The molecule has 3 N–H and O–H groups in total. The lowest BCUT2D eigenvalue weighted by Crippen LogP contribution is -2.31. The average molecular weight is 311 g/mol. The molecule has 0 bridgehead atoms. The van der Waals surface area contributed by atoms with E-state index in [1.54, 1.807) is 0 Å². The Kier molecular flexibility index (Phi) is 5.90. The summed E-state index contributed by atoms with van der Waals surface area (Å²) < 4.78 is 0. The van der Waals surface area contributed by atoms with E-state index in [-0.39, 0.29) is 11.9 Å². The van der Waals surface area contributed by atoms with E-state index in [9.17, 15) is 4.79 Å². The molecular weight excluding hydrogens is 286 g/mol. The third-order valence-electron chi connectivity index (χ3n) is 3.74. The van der Waals surface area contributed by atoms with Crippen LogP contribution in [0.4, 0.5) is 0 Å². The van der Waals surface area contributed by atoms with Crippen molar-refractivity contribution < 1.29 is 4.79 Å². The zero-order chi connectivity index (χ0) is 16.8. The number of nitrogens with two attached hydrogens (primary N) is 1. The maximum absolute atomic E-state index is 12.1. The maximum atomic E-state index is 12.1. The predicted molar refractivity (Wildman–Crippen MR) is 95.4 cm³/mol. The molecule has 122 valence electrons. The van der Waals surface area contributed by atoms with E-state index in [4.69, 9.17) is 5.73 Å². The number of carbonyl (C=O) groups is 1. The van der Waals surface area contributed by atoms with Gasteiger partial charge in [0.15, 0.2) is 0 Å². The number of rotatable bonds is 6. The Morgan fingerprint density at radius 3 is 2.43 bits per heavy atom. The zero-order valence-electron chi connectivity index (χ0n) is 14.0. The second-order valence-electron chi connectivity index (χ2n) is 6.05. The lowest BCUT2D eigenvalue weighted by atomic mass is 9.99. The van der Waals surface area contributed by atoms with Crippen molar-refractivity contribution in [1.82, 2.24) is 10.2 Å². The fourth-order valence-electron chi connectivity index (χ4n) is 2.31. The Morgan fingerprint density at radius 1 is 1.13 bits per heavy atom. The molecule has 0 saturated carbocycles. The van der Waals surface area contributed by atoms with Gasteiger partial charge < -0.3 is 16.0 Å². The highest BCUT2D eigenvalue weighted by atomic mass is 16.1. The Balaban J connectivity index is 2.07. The van der Waals surface area contributed by atoms with Gasteiger partial charge in [0.2, 0.25) is 0 Å². The minimum Gasteiger partial charge on any atom is -0.351 e. The Labute approximate surface area is 138 Å². The molecule has 2 aromatic carbocycles. The summed E-state index contributed by atoms with van der Waals surface area (Å²) in [6.45, 7) is 3.44. The van der Waals surface area contributed by atoms with Gasteiger partial charge in [0.25, 0.3) is 5.91 Å². The van der Waals surface area contributed by atoms with E-state index in [1.165, 1.54) is 0 Å². The molecule has 0 aromatic heterocycles. The van der Waals surface area contributed by atoms with Crippen LogP contribution in [0.3, 0.4) is 0 Å². The molecule has 0 aliphatic heterocycles. The summed E-state index contributed by atoms with van der Waals surface area (Å²) in [7, 11) is 3.97. The SMILES string of the molecule is C[C@@H](N)c1cccc(-c2ccc(C(=O)NCCN(C)C)cc2)c1. The van der Waals surface area contributed by atoms with Crippen LogP contribution in [-0.2, 0) is 0 Å². The summed E-state index contributed by atoms with van der Waals surface area (Å²) in [6, 6.07) is 15.9. The number of benzene rings is 2. The number of carbonyl (C=O) groups excluding carboxylic acids is 1. The predicted octanol–water partition coefficient (Wildman–Crippen LogP) is 2.66. The van der Waals surface area contributed by atoms with Crippen molar-refractivity contribution in [2.75, 3.05) is 27.2 Å². The minimum atomic E-state index is -0.0391. The van der Waals surface area contributed by atoms with E-state index < -0.39 is 0 Å². The molecule has 0 fully saturated rings. The summed E-state index contributed by atoms with van der Waals surface area (Å²) in [4.78, 5) is 14.1. The molecule has 4 heteroatoms. The van der Waals surface area contributed by atoms with Gasteiger partial charge in [-0.05, 0) is 55.9 Å². The van der Waals surface area contributed by atoms with Crippen LogP contribution in [0.2, 0.25) is 0 Å². The molecule has 0 aliphatic rings. The molecule has 4 nitrogen and oxygen atoms in total. The Bertz CT molecular complexity index is 648. The molecule has 0 unspecified atom stereocenters. The first-order valence-electron chi connectivity index (χ1n) is 7.86. The molecule has 0 saturated heterocycles. The fraction of sp³-hybridized carbons (Fsp3) is 0.316. The summed E-state index contributed by atoms with van der Waals surface area (Å²) in [5, 5.41) is 2.92. The summed E-state index contributed by atoms with van der Waals surface area (Å²) >= 11 is 0. The van der Waals surface area contributed by atoms with E-state index in [2.05, 4.69) is 17.4 Å². The highest BCUT2D eigenvalue weighted by Gasteiger charge is 2.07. The number of hydrogen-bond donors (Lipinski definition) is 2. The molecular formula is C19H25N3O. The number of likely N-dealkylation sites (N-methyl/N-ethyl adjacent to an activating group) is 1. The lowest BCUT2D eigenvalue weighted by Gasteiger charge is -2.11. The lowest BCUT2D eigenvalue weighted by molar-refractivity contribution is 0.0951. The van der Waals surface area contributed by atoms with Crippen molar-refractivity contribution in [3.8, 4) is 11.1 Å². The summed E-state index contributed by atoms with van der Waals surface area (Å²) in [6.07, 6.45) is 0. The minimum absolute atomic E-state index is 0.0108. The monoisotopic (exact) mass is 311 g/mol. The largest absolute Gasteiger partial charge is 0.351 e. The van der Waals surface area contributed by atoms with Crippen LogP contribution in [0.25, 0.3) is 11.1 Å². The van der Waals surface area contributed by atoms with Gasteiger partial charge in [-0.1, -0.05) is 30.3 Å². The Hall–Kier alpha value is -2.17. The van der Waals surface area contributed by atoms with Gasteiger partial charge >= 0.3 is 0 Å². The summed E-state index contributed by atoms with van der Waals surface area (Å²) in [5.74, 6) is -0.0391. The molecule has 0 aliphatic carbocycles. The number of amides is 1. The van der Waals surface area contributed by atoms with Crippen molar-refractivity contribution >= 4 is 5.91 Å². The first-order valence-corrected chi connectivity index (χ1v) is 7.86. The van der Waals surface area contributed by atoms with Crippen LogP contribution in [0.15, 0.2) is 48.5 Å². The van der Waals surface area contributed by atoms with E-state index in [0.717, 1.165) is 23.2 Å². The van der Waals surface area contributed by atoms with Gasteiger partial charge in [0, 0.05) is 24.7 Å². The van der Waals surface area contributed by atoms with Crippen LogP contribution in [0.5, 0.6) is 0 Å². The van der Waals surface area contributed by atoms with E-state index in [0.29, 0.717) is 12.1 Å². The first kappa shape index (κ1) is 17.2. The standard InChI is InChI=1S/C19H25N3O/c1-14(20)17-5-4-6-18(13-17)15-7-9-16(10-8-15)19(23)21-11-12-22(2)3/h4-10,13-14H,11-12,20H2,1-3H3,(H,21,23)/t14-/m1/s1. The molecule has 2 rings (SSSR count). The molecule has 0 radical (unpaired) electrons. The smallest absolute Gasteiger partial charge is 0.251 e. The summed E-state index contributed by atoms with van der Waals surface area (Å²) in [5.41, 5.74) is 9.91. The van der Waals surface area contributed by atoms with Gasteiger partial charge in [-0.3, -0.25) is 4.79 Å². The van der Waals surface area contributed by atoms with Crippen molar-refractivity contribution in [2.24, 2.45) is 5.73 Å². The highest BCUT2D eigenvalue weighted by Crippen LogP contribution is 2.23. The van der Waals surface area contributed by atoms with Gasteiger partial charge in [-0.15, -0.1) is 0 Å². The molecule has 1 atom stereocenters. The van der Waals surface area contributed by atoms with Crippen LogP contribution in [0, 0.1) is 0 Å². The van der Waals surface area contributed by atoms with Crippen LogP contribution >= 0.6 is 0 Å². The molecule has 0 heterocycles. The molecule has 1 amide bonds. The third-order valence-corrected chi connectivity index (χ3v) is 3.74. The fourth-order valence-corrected chi connectivity index (χ4v) is 2.31. The van der Waals surface area contributed by atoms with Crippen LogP contribution in [-0.4, -0.2) is 38.0 Å². The zero-order valence-corrected chi connectivity index (χ0v) is 14.0. The van der Waals surface area contributed by atoms with Gasteiger partial charge in [-0.25, -0.2) is 0 Å². The maximum Gasteiger partial charge on any atom is 0.251 e. The molecule has 23 heavy (non-hydrogen) atoms. The van der Waals surface area contributed by atoms with Crippen molar-refractivity contribution in [3.63, 3.8) is 0 Å². The van der Waals surface area contributed by atoms with Crippen LogP contribution < -0.4 is 11.1 Å². The van der Waals surface area contributed by atoms with Gasteiger partial charge in [-0.2, -0.15) is 0 Å². The van der Waals surface area contributed by atoms with Crippen molar-refractivity contribution in [1.29, 1.82) is 0 Å². The van der Waals surface area contributed by atoms with E-state index in [1.807, 2.05) is 62.3 Å². The highest BCUT2D eigenvalue weighted by molar-refractivity contribution is 5.94. The normalized spacial score (nSPS) is 12.2. The molecule has 0 spiro atoms. The topological polar surface area (TPSA) is 58.4 Å². The van der Waals surface area contributed by atoms with Crippen molar-refractivity contribution in [2.45, 2.75) is 13.0 Å².